The molecule has 0 aliphatic carbocycles. The molecule has 0 amide bonds. The van der Waals surface area contributed by atoms with Gasteiger partial charge in [-0.1, -0.05) is 13.3 Å². The summed E-state index contributed by atoms with van der Waals surface area (Å²) in [6.07, 6.45) is 2.62. The summed E-state index contributed by atoms with van der Waals surface area (Å²) >= 11 is 0. The highest BCUT2D eigenvalue weighted by Gasteiger charge is 2.40. The van der Waals surface area contributed by atoms with E-state index in [1.54, 1.807) is 18.9 Å². The van der Waals surface area contributed by atoms with Gasteiger partial charge in [0.05, 0.1) is 6.04 Å². The van der Waals surface area contributed by atoms with Gasteiger partial charge in [0.25, 0.3) is 5.92 Å². The van der Waals surface area contributed by atoms with Crippen molar-refractivity contribution in [1.82, 2.24) is 4.90 Å². The Balaban J connectivity index is 2.58. The third kappa shape index (κ3) is 1.94. The first-order chi connectivity index (χ1) is 5.58. The number of likely N-dealkylation sites (tertiary alicyclic amines) is 1. The Hall–Kier alpha value is -0.180. The molecule has 1 heterocycles. The fourth-order valence-corrected chi connectivity index (χ4v) is 1.84. The highest BCUT2D eigenvalue weighted by molar-refractivity contribution is 4.85. The van der Waals surface area contributed by atoms with E-state index in [0.717, 1.165) is 19.4 Å². The third-order valence-corrected chi connectivity index (χ3v) is 2.73. The minimum Gasteiger partial charge on any atom is -0.298 e. The van der Waals surface area contributed by atoms with Gasteiger partial charge in [0.1, 0.15) is 0 Å². The molecule has 0 bridgehead atoms. The molecule has 0 spiro atoms. The number of rotatable bonds is 2. The lowest BCUT2D eigenvalue weighted by atomic mass is 9.96. The molecule has 1 unspecified atom stereocenters. The topological polar surface area (TPSA) is 3.24 Å². The fraction of sp³-hybridized carbons (Fsp3) is 1.00. The lowest BCUT2D eigenvalue weighted by molar-refractivity contribution is -0.0893. The summed E-state index contributed by atoms with van der Waals surface area (Å²) in [6, 6.07) is -0.517. The predicted molar refractivity (Wildman–Crippen MR) is 45.5 cm³/mol. The smallest absolute Gasteiger partial charge is 0.263 e. The summed E-state index contributed by atoms with van der Waals surface area (Å²) < 4.78 is 26.5. The van der Waals surface area contributed by atoms with Gasteiger partial charge in [0.2, 0.25) is 0 Å². The van der Waals surface area contributed by atoms with E-state index >= 15 is 0 Å². The van der Waals surface area contributed by atoms with Crippen LogP contribution in [0.4, 0.5) is 8.78 Å². The number of hydrogen-bond donors (Lipinski definition) is 0. The molecule has 0 N–H and O–H groups in total. The normalized spacial score (nSPS) is 27.5. The molecule has 1 nitrogen and oxygen atoms in total. The van der Waals surface area contributed by atoms with Crippen LogP contribution in [-0.4, -0.2) is 30.5 Å². The van der Waals surface area contributed by atoms with E-state index < -0.39 is 12.0 Å². The lowest BCUT2D eigenvalue weighted by Gasteiger charge is -2.37. The molecule has 72 valence electrons. The van der Waals surface area contributed by atoms with Gasteiger partial charge >= 0.3 is 0 Å². The highest BCUT2D eigenvalue weighted by atomic mass is 19.3. The summed E-state index contributed by atoms with van der Waals surface area (Å²) in [5, 5.41) is 0. The van der Waals surface area contributed by atoms with Crippen molar-refractivity contribution < 1.29 is 8.78 Å². The number of halogens is 2. The van der Waals surface area contributed by atoms with Crippen molar-refractivity contribution in [2.45, 2.75) is 44.6 Å². The molecular weight excluding hydrogens is 160 g/mol. The Morgan fingerprint density at radius 3 is 2.58 bits per heavy atom. The minimum atomic E-state index is -2.49. The van der Waals surface area contributed by atoms with E-state index in [1.807, 2.05) is 0 Å². The van der Waals surface area contributed by atoms with Crippen LogP contribution in [0.25, 0.3) is 0 Å². The third-order valence-electron chi connectivity index (χ3n) is 2.73. The number of nitrogens with zero attached hydrogens (tertiary/aromatic N) is 1. The van der Waals surface area contributed by atoms with E-state index in [0.29, 0.717) is 6.42 Å². The zero-order valence-corrected chi connectivity index (χ0v) is 7.82. The Kier molecular flexibility index (Phi) is 3.04. The van der Waals surface area contributed by atoms with Crippen LogP contribution in [0.2, 0.25) is 0 Å². The van der Waals surface area contributed by atoms with Crippen molar-refractivity contribution >= 4 is 0 Å². The Bertz CT molecular complexity index is 147. The Labute approximate surface area is 72.7 Å². The summed E-state index contributed by atoms with van der Waals surface area (Å²) in [7, 11) is 1.80. The molecule has 3 heteroatoms. The summed E-state index contributed by atoms with van der Waals surface area (Å²) in [6.45, 7) is 2.38. The highest BCUT2D eigenvalue weighted by Crippen LogP contribution is 2.31. The maximum atomic E-state index is 13.2. The van der Waals surface area contributed by atoms with Gasteiger partial charge in [-0.05, 0) is 26.4 Å². The number of hydrogen-bond acceptors (Lipinski definition) is 1. The largest absolute Gasteiger partial charge is 0.298 e. The van der Waals surface area contributed by atoms with Crippen LogP contribution in [-0.2, 0) is 0 Å². The molecule has 1 fully saturated rings. The van der Waals surface area contributed by atoms with Crippen molar-refractivity contribution in [3.8, 4) is 0 Å². The van der Waals surface area contributed by atoms with Gasteiger partial charge in [0, 0.05) is 6.42 Å². The monoisotopic (exact) mass is 177 g/mol. The molecule has 1 rings (SSSR count). The van der Waals surface area contributed by atoms with E-state index in [-0.39, 0.29) is 6.42 Å². The summed E-state index contributed by atoms with van der Waals surface area (Å²) in [4.78, 5) is 1.80. The molecule has 0 aromatic carbocycles. The lowest BCUT2D eigenvalue weighted by Crippen LogP contribution is -2.48. The fourth-order valence-electron chi connectivity index (χ4n) is 1.84. The van der Waals surface area contributed by atoms with Gasteiger partial charge in [-0.2, -0.15) is 0 Å². The zero-order valence-electron chi connectivity index (χ0n) is 7.82. The van der Waals surface area contributed by atoms with E-state index in [4.69, 9.17) is 0 Å². The quantitative estimate of drug-likeness (QED) is 0.626. The average molecular weight is 177 g/mol. The van der Waals surface area contributed by atoms with Crippen LogP contribution in [0, 0.1) is 0 Å². The molecule has 1 atom stereocenters. The molecule has 1 saturated heterocycles. The van der Waals surface area contributed by atoms with Crippen molar-refractivity contribution in [2.75, 3.05) is 13.6 Å². The number of alkyl halides is 2. The van der Waals surface area contributed by atoms with Gasteiger partial charge < -0.3 is 0 Å². The molecule has 0 radical (unpaired) electrons. The maximum Gasteiger partial charge on any atom is 0.263 e. The Morgan fingerprint density at radius 2 is 2.08 bits per heavy atom. The first-order valence-corrected chi connectivity index (χ1v) is 4.66. The zero-order chi connectivity index (χ0) is 9.19. The molecular formula is C9H17F2N. The predicted octanol–water partition coefficient (Wildman–Crippen LogP) is 2.52. The van der Waals surface area contributed by atoms with Gasteiger partial charge in [-0.25, -0.2) is 8.78 Å². The summed E-state index contributed by atoms with van der Waals surface area (Å²) in [5.74, 6) is -2.49. The van der Waals surface area contributed by atoms with Crippen LogP contribution in [0.1, 0.15) is 32.6 Å². The van der Waals surface area contributed by atoms with Crippen molar-refractivity contribution in [1.29, 1.82) is 0 Å². The standard InChI is InChI=1S/C9H17F2N/c1-3-9(10,11)8-6-4-5-7-12(8)2/h8H,3-7H2,1-2H3. The SMILES string of the molecule is CCC(F)(F)C1CCCCN1C. The molecule has 1 aliphatic rings. The first kappa shape index (κ1) is 9.90. The second-order valence-electron chi connectivity index (χ2n) is 3.61. The molecule has 0 saturated carbocycles. The van der Waals surface area contributed by atoms with Crippen LogP contribution >= 0.6 is 0 Å². The van der Waals surface area contributed by atoms with Gasteiger partial charge in [0.15, 0.2) is 0 Å². The average Bonchev–Trinajstić information content (AvgIpc) is 2.05. The van der Waals surface area contributed by atoms with Crippen LogP contribution in [0.3, 0.4) is 0 Å². The summed E-state index contributed by atoms with van der Waals surface area (Å²) in [5.41, 5.74) is 0. The molecule has 1 aliphatic heterocycles. The Morgan fingerprint density at radius 1 is 1.42 bits per heavy atom. The van der Waals surface area contributed by atoms with E-state index in [9.17, 15) is 8.78 Å². The van der Waals surface area contributed by atoms with Gasteiger partial charge in [-0.15, -0.1) is 0 Å². The van der Waals surface area contributed by atoms with E-state index in [2.05, 4.69) is 0 Å². The first-order valence-electron chi connectivity index (χ1n) is 4.66. The van der Waals surface area contributed by atoms with Gasteiger partial charge in [-0.3, -0.25) is 4.90 Å². The van der Waals surface area contributed by atoms with Crippen molar-refractivity contribution in [3.05, 3.63) is 0 Å². The number of piperidine rings is 1. The second kappa shape index (κ2) is 3.69. The van der Waals surface area contributed by atoms with Crippen LogP contribution in [0.15, 0.2) is 0 Å². The molecule has 0 aromatic rings. The van der Waals surface area contributed by atoms with Crippen molar-refractivity contribution in [2.24, 2.45) is 0 Å². The minimum absolute atomic E-state index is 0.0397. The van der Waals surface area contributed by atoms with E-state index in [1.165, 1.54) is 0 Å². The van der Waals surface area contributed by atoms with Crippen LogP contribution in [0.5, 0.6) is 0 Å². The van der Waals surface area contributed by atoms with Crippen LogP contribution < -0.4 is 0 Å². The second-order valence-corrected chi connectivity index (χ2v) is 3.61. The van der Waals surface area contributed by atoms with Crippen molar-refractivity contribution in [3.63, 3.8) is 0 Å². The molecule has 12 heavy (non-hydrogen) atoms. The molecule has 0 aromatic heterocycles. The maximum absolute atomic E-state index is 13.2.